The number of anilines is 1. The standard InChI is InChI=1S/C24H29N3O5/c1-3-4-5-6-7-15-32-22-13-11-20(12-14-22)26-24(29)23(25-18(2)28)17-19-9-8-10-21(16-19)27(30)31/h8-14,16-17H,3-7,15H2,1-2H3,(H,25,28)(H,26,29). The van der Waals surface area contributed by atoms with E-state index in [1.165, 1.54) is 50.5 Å². The van der Waals surface area contributed by atoms with Gasteiger partial charge in [-0.25, -0.2) is 0 Å². The third-order valence-electron chi connectivity index (χ3n) is 4.58. The van der Waals surface area contributed by atoms with Crippen LogP contribution in [0.15, 0.2) is 54.2 Å². The number of nitro benzene ring substituents is 1. The molecule has 32 heavy (non-hydrogen) atoms. The van der Waals surface area contributed by atoms with Crippen molar-refractivity contribution in [3.8, 4) is 5.75 Å². The van der Waals surface area contributed by atoms with Crippen molar-refractivity contribution >= 4 is 29.3 Å². The van der Waals surface area contributed by atoms with E-state index in [0.29, 0.717) is 23.6 Å². The second-order valence-electron chi connectivity index (χ2n) is 7.33. The molecule has 0 saturated heterocycles. The molecule has 0 radical (unpaired) electrons. The first-order chi connectivity index (χ1) is 15.4. The van der Waals surface area contributed by atoms with Crippen LogP contribution in [0.1, 0.15) is 51.5 Å². The molecule has 0 spiro atoms. The van der Waals surface area contributed by atoms with Crippen LogP contribution in [0.4, 0.5) is 11.4 Å². The number of non-ortho nitro benzene ring substituents is 1. The second kappa shape index (κ2) is 12.9. The molecule has 0 unspecified atom stereocenters. The zero-order valence-electron chi connectivity index (χ0n) is 18.4. The third kappa shape index (κ3) is 8.59. The minimum absolute atomic E-state index is 0.0228. The van der Waals surface area contributed by atoms with Crippen molar-refractivity contribution in [1.29, 1.82) is 0 Å². The fraction of sp³-hybridized carbons (Fsp3) is 0.333. The van der Waals surface area contributed by atoms with Crippen molar-refractivity contribution in [1.82, 2.24) is 5.32 Å². The summed E-state index contributed by atoms with van der Waals surface area (Å²) in [6.45, 7) is 4.11. The molecule has 0 saturated carbocycles. The molecule has 0 heterocycles. The first-order valence-electron chi connectivity index (χ1n) is 10.7. The summed E-state index contributed by atoms with van der Waals surface area (Å²) in [5, 5.41) is 16.2. The van der Waals surface area contributed by atoms with E-state index in [2.05, 4.69) is 17.6 Å². The Kier molecular flexibility index (Phi) is 9.90. The van der Waals surface area contributed by atoms with Gasteiger partial charge in [-0.1, -0.05) is 44.7 Å². The quantitative estimate of drug-likeness (QED) is 0.208. The maximum atomic E-state index is 12.7. The maximum Gasteiger partial charge on any atom is 0.272 e. The summed E-state index contributed by atoms with van der Waals surface area (Å²) in [6, 6.07) is 12.8. The van der Waals surface area contributed by atoms with Crippen LogP contribution < -0.4 is 15.4 Å². The average Bonchev–Trinajstić information content (AvgIpc) is 2.76. The molecule has 2 rings (SSSR count). The van der Waals surface area contributed by atoms with Crippen LogP contribution in [0.25, 0.3) is 6.08 Å². The lowest BCUT2D eigenvalue weighted by Gasteiger charge is -2.11. The van der Waals surface area contributed by atoms with E-state index in [-0.39, 0.29) is 11.4 Å². The lowest BCUT2D eigenvalue weighted by atomic mass is 10.1. The van der Waals surface area contributed by atoms with Crippen molar-refractivity contribution in [2.24, 2.45) is 0 Å². The van der Waals surface area contributed by atoms with Crippen LogP contribution in [0.3, 0.4) is 0 Å². The maximum absolute atomic E-state index is 12.7. The summed E-state index contributed by atoms with van der Waals surface area (Å²) in [5.41, 5.74) is 0.814. The Morgan fingerprint density at radius 3 is 2.44 bits per heavy atom. The number of rotatable bonds is 12. The minimum Gasteiger partial charge on any atom is -0.494 e. The molecule has 0 aromatic heterocycles. The monoisotopic (exact) mass is 439 g/mol. The molecule has 2 aromatic carbocycles. The first-order valence-corrected chi connectivity index (χ1v) is 10.7. The number of ether oxygens (including phenoxy) is 1. The third-order valence-corrected chi connectivity index (χ3v) is 4.58. The van der Waals surface area contributed by atoms with Gasteiger partial charge < -0.3 is 15.4 Å². The van der Waals surface area contributed by atoms with Crippen molar-refractivity contribution in [2.45, 2.75) is 46.0 Å². The van der Waals surface area contributed by atoms with Gasteiger partial charge in [0.1, 0.15) is 11.4 Å². The number of hydrogen-bond donors (Lipinski definition) is 2. The van der Waals surface area contributed by atoms with Crippen molar-refractivity contribution in [3.63, 3.8) is 0 Å². The highest BCUT2D eigenvalue weighted by Gasteiger charge is 2.13. The molecule has 0 atom stereocenters. The largest absolute Gasteiger partial charge is 0.494 e. The minimum atomic E-state index is -0.545. The highest BCUT2D eigenvalue weighted by Crippen LogP contribution is 2.18. The van der Waals surface area contributed by atoms with Gasteiger partial charge in [0.05, 0.1) is 11.5 Å². The molecule has 0 aliphatic heterocycles. The first kappa shape index (κ1) is 24.6. The Hall–Kier alpha value is -3.68. The summed E-state index contributed by atoms with van der Waals surface area (Å²) in [5.74, 6) is -0.261. The topological polar surface area (TPSA) is 111 Å². The van der Waals surface area contributed by atoms with Gasteiger partial charge in [0, 0.05) is 24.7 Å². The lowest BCUT2D eigenvalue weighted by molar-refractivity contribution is -0.384. The van der Waals surface area contributed by atoms with Crippen LogP contribution in [-0.2, 0) is 9.59 Å². The number of benzene rings is 2. The Morgan fingerprint density at radius 2 is 1.78 bits per heavy atom. The predicted molar refractivity (Wildman–Crippen MR) is 124 cm³/mol. The smallest absolute Gasteiger partial charge is 0.272 e. The van der Waals surface area contributed by atoms with E-state index >= 15 is 0 Å². The van der Waals surface area contributed by atoms with Crippen molar-refractivity contribution in [2.75, 3.05) is 11.9 Å². The summed E-state index contributed by atoms with van der Waals surface area (Å²) in [6.07, 6.45) is 7.19. The number of carbonyl (C=O) groups is 2. The van der Waals surface area contributed by atoms with E-state index in [1.54, 1.807) is 30.3 Å². The highest BCUT2D eigenvalue weighted by molar-refractivity contribution is 6.08. The lowest BCUT2D eigenvalue weighted by Crippen LogP contribution is -2.28. The summed E-state index contributed by atoms with van der Waals surface area (Å²) >= 11 is 0. The normalized spacial score (nSPS) is 11.0. The number of carbonyl (C=O) groups excluding carboxylic acids is 2. The fourth-order valence-electron chi connectivity index (χ4n) is 2.97. The van der Waals surface area contributed by atoms with Gasteiger partial charge in [0.25, 0.3) is 11.6 Å². The van der Waals surface area contributed by atoms with E-state index in [0.717, 1.165) is 12.8 Å². The summed E-state index contributed by atoms with van der Waals surface area (Å²) in [7, 11) is 0. The van der Waals surface area contributed by atoms with Crippen LogP contribution in [0.5, 0.6) is 5.75 Å². The number of nitrogens with zero attached hydrogens (tertiary/aromatic N) is 1. The Morgan fingerprint density at radius 1 is 1.06 bits per heavy atom. The molecule has 8 heteroatoms. The van der Waals surface area contributed by atoms with E-state index < -0.39 is 16.7 Å². The van der Waals surface area contributed by atoms with Gasteiger partial charge >= 0.3 is 0 Å². The van der Waals surface area contributed by atoms with Crippen LogP contribution in [0, 0.1) is 10.1 Å². The van der Waals surface area contributed by atoms with E-state index in [1.807, 2.05) is 0 Å². The predicted octanol–water partition coefficient (Wildman–Crippen LogP) is 5.06. The van der Waals surface area contributed by atoms with E-state index in [9.17, 15) is 19.7 Å². The molecule has 2 aromatic rings. The zero-order valence-corrected chi connectivity index (χ0v) is 18.4. The van der Waals surface area contributed by atoms with Gasteiger partial charge in [-0.2, -0.15) is 0 Å². The number of unbranched alkanes of at least 4 members (excludes halogenated alkanes) is 4. The number of nitro groups is 1. The van der Waals surface area contributed by atoms with Crippen LogP contribution in [0.2, 0.25) is 0 Å². The van der Waals surface area contributed by atoms with Crippen LogP contribution >= 0.6 is 0 Å². The average molecular weight is 440 g/mol. The number of hydrogen-bond acceptors (Lipinski definition) is 5. The molecule has 0 aliphatic carbocycles. The molecule has 2 amide bonds. The molecule has 170 valence electrons. The molecule has 0 bridgehead atoms. The molecular weight excluding hydrogens is 410 g/mol. The Balaban J connectivity index is 2.01. The van der Waals surface area contributed by atoms with Crippen LogP contribution in [-0.4, -0.2) is 23.3 Å². The van der Waals surface area contributed by atoms with Gasteiger partial charge in [0.2, 0.25) is 5.91 Å². The SMILES string of the molecule is CCCCCCCOc1ccc(NC(=O)C(=Cc2cccc([N+](=O)[O-])c2)NC(C)=O)cc1. The molecule has 0 fully saturated rings. The van der Waals surface area contributed by atoms with Crippen molar-refractivity contribution < 1.29 is 19.2 Å². The van der Waals surface area contributed by atoms with Gasteiger partial charge in [-0.05, 0) is 42.3 Å². The highest BCUT2D eigenvalue weighted by atomic mass is 16.6. The summed E-state index contributed by atoms with van der Waals surface area (Å²) in [4.78, 5) is 34.7. The number of nitrogens with one attached hydrogen (secondary N) is 2. The van der Waals surface area contributed by atoms with Gasteiger partial charge in [-0.15, -0.1) is 0 Å². The van der Waals surface area contributed by atoms with E-state index in [4.69, 9.17) is 4.74 Å². The molecular formula is C24H29N3O5. The Labute approximate surface area is 187 Å². The summed E-state index contributed by atoms with van der Waals surface area (Å²) < 4.78 is 5.72. The second-order valence-corrected chi connectivity index (χ2v) is 7.33. The Bertz CT molecular complexity index is 954. The zero-order chi connectivity index (χ0) is 23.3. The molecule has 8 nitrogen and oxygen atoms in total. The number of amides is 2. The molecule has 2 N–H and O–H groups in total. The molecule has 0 aliphatic rings. The van der Waals surface area contributed by atoms with Gasteiger partial charge in [-0.3, -0.25) is 19.7 Å². The van der Waals surface area contributed by atoms with Gasteiger partial charge in [0.15, 0.2) is 0 Å². The van der Waals surface area contributed by atoms with Crippen molar-refractivity contribution in [3.05, 3.63) is 69.9 Å². The fourth-order valence-corrected chi connectivity index (χ4v) is 2.97.